The van der Waals surface area contributed by atoms with Crippen LogP contribution in [0.3, 0.4) is 0 Å². The number of nitrogens with zero attached hydrogens (tertiary/aromatic N) is 1. The van der Waals surface area contributed by atoms with E-state index in [-0.39, 0.29) is 12.2 Å². The Morgan fingerprint density at radius 3 is 2.31 bits per heavy atom. The number of urea groups is 1. The monoisotopic (exact) mass is 581 g/mol. The first-order valence-electron chi connectivity index (χ1n) is 11.0. The fraction of sp³-hybridized carbons (Fsp3) is 0.148. The molecule has 4 rings (SSSR count). The lowest BCUT2D eigenvalue weighted by Crippen LogP contribution is -2.38. The van der Waals surface area contributed by atoms with E-state index < -0.39 is 17.8 Å². The minimum atomic E-state index is -0.631. The van der Waals surface area contributed by atoms with Gasteiger partial charge in [0.2, 0.25) is 5.91 Å². The number of aryl methyl sites for hydroxylation is 2. The SMILES string of the molecule is Cc1ccc(COc2ccc(/C=C3/NC(=O)N(CC(=O)Nc4ccc(C)cc4)C3=O)cc2I)cc1. The molecule has 0 radical (unpaired) electrons. The minimum absolute atomic E-state index is 0.113. The third-order valence-corrected chi connectivity index (χ3v) is 6.22. The maximum atomic E-state index is 12.8. The molecule has 0 unspecified atom stereocenters. The van der Waals surface area contributed by atoms with Gasteiger partial charge in [-0.1, -0.05) is 53.6 Å². The number of imide groups is 1. The van der Waals surface area contributed by atoms with Crippen molar-refractivity contribution in [1.29, 1.82) is 0 Å². The number of amides is 4. The quantitative estimate of drug-likeness (QED) is 0.233. The van der Waals surface area contributed by atoms with Gasteiger partial charge in [0.1, 0.15) is 24.6 Å². The highest BCUT2D eigenvalue weighted by atomic mass is 127. The van der Waals surface area contributed by atoms with Crippen LogP contribution >= 0.6 is 22.6 Å². The van der Waals surface area contributed by atoms with Gasteiger partial charge < -0.3 is 15.4 Å². The molecule has 0 atom stereocenters. The summed E-state index contributed by atoms with van der Waals surface area (Å²) in [7, 11) is 0. The van der Waals surface area contributed by atoms with Gasteiger partial charge in [0.15, 0.2) is 0 Å². The van der Waals surface area contributed by atoms with Gasteiger partial charge in [0.25, 0.3) is 5.91 Å². The van der Waals surface area contributed by atoms with Crippen LogP contribution in [0, 0.1) is 17.4 Å². The Hall–Kier alpha value is -3.66. The Balaban J connectivity index is 1.39. The number of halogens is 1. The number of hydrogen-bond donors (Lipinski definition) is 2. The van der Waals surface area contributed by atoms with Crippen molar-refractivity contribution in [3.8, 4) is 5.75 Å². The van der Waals surface area contributed by atoms with Gasteiger partial charge >= 0.3 is 6.03 Å². The van der Waals surface area contributed by atoms with E-state index in [0.29, 0.717) is 12.3 Å². The largest absolute Gasteiger partial charge is 0.488 e. The van der Waals surface area contributed by atoms with E-state index in [1.165, 1.54) is 5.56 Å². The molecule has 4 amide bonds. The fourth-order valence-electron chi connectivity index (χ4n) is 3.43. The molecule has 0 bridgehead atoms. The second-order valence-corrected chi connectivity index (χ2v) is 9.42. The molecule has 7 nitrogen and oxygen atoms in total. The summed E-state index contributed by atoms with van der Waals surface area (Å²) in [6.45, 7) is 4.06. The summed E-state index contributed by atoms with van der Waals surface area (Å²) in [6, 6.07) is 20.3. The van der Waals surface area contributed by atoms with E-state index in [1.807, 2.05) is 68.4 Å². The topological polar surface area (TPSA) is 87.7 Å². The van der Waals surface area contributed by atoms with Crippen molar-refractivity contribution in [1.82, 2.24) is 10.2 Å². The van der Waals surface area contributed by atoms with Crippen LogP contribution in [0.4, 0.5) is 10.5 Å². The number of carbonyl (C=O) groups excluding carboxylic acids is 3. The first kappa shape index (κ1) is 24.5. The standard InChI is InChI=1S/C27H24IN3O4/c1-17-3-7-19(8-4-17)16-35-24-12-9-20(13-22(24)28)14-23-26(33)31(27(34)30-23)15-25(32)29-21-10-5-18(2)6-11-21/h3-14H,15-16H2,1-2H3,(H,29,32)(H,30,34)/b23-14+. The van der Waals surface area contributed by atoms with Crippen LogP contribution in [0.1, 0.15) is 22.3 Å². The smallest absolute Gasteiger partial charge is 0.329 e. The molecule has 1 fully saturated rings. The van der Waals surface area contributed by atoms with Crippen molar-refractivity contribution < 1.29 is 19.1 Å². The Morgan fingerprint density at radius 1 is 1.00 bits per heavy atom. The third kappa shape index (κ3) is 6.27. The molecular formula is C27H24IN3O4. The highest BCUT2D eigenvalue weighted by molar-refractivity contribution is 14.1. The molecule has 2 N–H and O–H groups in total. The van der Waals surface area contributed by atoms with Crippen molar-refractivity contribution in [2.45, 2.75) is 20.5 Å². The maximum absolute atomic E-state index is 12.8. The second-order valence-electron chi connectivity index (χ2n) is 8.26. The van der Waals surface area contributed by atoms with Gasteiger partial charge in [-0.15, -0.1) is 0 Å². The van der Waals surface area contributed by atoms with Gasteiger partial charge in [0, 0.05) is 5.69 Å². The average molecular weight is 581 g/mol. The predicted octanol–water partition coefficient (Wildman–Crippen LogP) is 5.02. The number of ether oxygens (including phenoxy) is 1. The highest BCUT2D eigenvalue weighted by Crippen LogP contribution is 2.25. The van der Waals surface area contributed by atoms with Gasteiger partial charge in [-0.3, -0.25) is 9.59 Å². The number of carbonyl (C=O) groups is 3. The van der Waals surface area contributed by atoms with E-state index in [1.54, 1.807) is 18.2 Å². The predicted molar refractivity (Wildman–Crippen MR) is 143 cm³/mol. The summed E-state index contributed by atoms with van der Waals surface area (Å²) in [5.74, 6) is -0.281. The highest BCUT2D eigenvalue weighted by Gasteiger charge is 2.34. The normalized spacial score (nSPS) is 14.3. The Kier molecular flexibility index (Phi) is 7.50. The van der Waals surface area contributed by atoms with Crippen molar-refractivity contribution >= 4 is 52.2 Å². The van der Waals surface area contributed by atoms with Crippen LogP contribution in [0.15, 0.2) is 72.4 Å². The van der Waals surface area contributed by atoms with E-state index in [4.69, 9.17) is 4.74 Å². The van der Waals surface area contributed by atoms with Crippen LogP contribution in [0.5, 0.6) is 5.75 Å². The number of benzene rings is 3. The third-order valence-electron chi connectivity index (χ3n) is 5.38. The molecule has 1 aliphatic rings. The number of nitrogens with one attached hydrogen (secondary N) is 2. The zero-order valence-corrected chi connectivity index (χ0v) is 21.5. The summed E-state index contributed by atoms with van der Waals surface area (Å²) in [6.07, 6.45) is 1.59. The van der Waals surface area contributed by atoms with Crippen LogP contribution in [0.25, 0.3) is 6.08 Å². The molecule has 35 heavy (non-hydrogen) atoms. The molecule has 1 heterocycles. The lowest BCUT2D eigenvalue weighted by molar-refractivity contribution is -0.127. The Bertz CT molecular complexity index is 1300. The molecule has 0 spiro atoms. The van der Waals surface area contributed by atoms with Crippen molar-refractivity contribution in [3.05, 3.63) is 98.3 Å². The zero-order chi connectivity index (χ0) is 24.9. The Labute approximate surface area is 217 Å². The molecule has 0 aliphatic carbocycles. The van der Waals surface area contributed by atoms with Crippen LogP contribution in [0.2, 0.25) is 0 Å². The molecular weight excluding hydrogens is 557 g/mol. The lowest BCUT2D eigenvalue weighted by atomic mass is 10.1. The molecule has 1 saturated heterocycles. The summed E-state index contributed by atoms with van der Waals surface area (Å²) in [5.41, 5.74) is 4.77. The lowest BCUT2D eigenvalue weighted by Gasteiger charge is -2.12. The molecule has 3 aromatic rings. The molecule has 0 saturated carbocycles. The van der Waals surface area contributed by atoms with Gasteiger partial charge in [0.05, 0.1) is 3.57 Å². The molecule has 8 heteroatoms. The number of rotatable bonds is 7. The van der Waals surface area contributed by atoms with E-state index in [0.717, 1.165) is 30.9 Å². The summed E-state index contributed by atoms with van der Waals surface area (Å²) in [5, 5.41) is 5.24. The molecule has 3 aromatic carbocycles. The average Bonchev–Trinajstić information content (AvgIpc) is 3.08. The van der Waals surface area contributed by atoms with E-state index >= 15 is 0 Å². The van der Waals surface area contributed by atoms with Gasteiger partial charge in [-0.2, -0.15) is 0 Å². The Morgan fingerprint density at radius 2 is 1.66 bits per heavy atom. The fourth-order valence-corrected chi connectivity index (χ4v) is 4.13. The van der Waals surface area contributed by atoms with Gasteiger partial charge in [-0.25, -0.2) is 9.69 Å². The molecule has 178 valence electrons. The minimum Gasteiger partial charge on any atom is -0.488 e. The van der Waals surface area contributed by atoms with E-state index in [2.05, 4.69) is 33.2 Å². The first-order chi connectivity index (χ1) is 16.8. The molecule has 1 aliphatic heterocycles. The van der Waals surface area contributed by atoms with E-state index in [9.17, 15) is 14.4 Å². The number of anilines is 1. The van der Waals surface area contributed by atoms with Crippen LogP contribution < -0.4 is 15.4 Å². The summed E-state index contributed by atoms with van der Waals surface area (Å²) < 4.78 is 6.79. The summed E-state index contributed by atoms with van der Waals surface area (Å²) >= 11 is 2.17. The first-order valence-corrected chi connectivity index (χ1v) is 12.1. The summed E-state index contributed by atoms with van der Waals surface area (Å²) in [4.78, 5) is 38.3. The molecule has 0 aromatic heterocycles. The second kappa shape index (κ2) is 10.7. The van der Waals surface area contributed by atoms with Crippen LogP contribution in [-0.2, 0) is 16.2 Å². The van der Waals surface area contributed by atoms with Crippen molar-refractivity contribution in [2.75, 3.05) is 11.9 Å². The van der Waals surface area contributed by atoms with Gasteiger partial charge in [-0.05, 0) is 77.9 Å². The van der Waals surface area contributed by atoms with Crippen molar-refractivity contribution in [3.63, 3.8) is 0 Å². The number of hydrogen-bond acceptors (Lipinski definition) is 4. The van der Waals surface area contributed by atoms with Crippen molar-refractivity contribution in [2.24, 2.45) is 0 Å². The zero-order valence-electron chi connectivity index (χ0n) is 19.3. The van der Waals surface area contributed by atoms with Crippen LogP contribution in [-0.4, -0.2) is 29.3 Å². The maximum Gasteiger partial charge on any atom is 0.329 e.